The lowest BCUT2D eigenvalue weighted by Gasteiger charge is -2.23. The molecule has 35 heavy (non-hydrogen) atoms. The maximum Gasteiger partial charge on any atom is 0.338 e. The molecular formula is C27H32N2O5S. The average Bonchev–Trinajstić information content (AvgIpc) is 3.06. The zero-order valence-electron chi connectivity index (χ0n) is 20.5. The van der Waals surface area contributed by atoms with E-state index in [1.807, 2.05) is 36.2 Å². The van der Waals surface area contributed by atoms with Gasteiger partial charge in [-0.2, -0.15) is 4.31 Å². The third kappa shape index (κ3) is 5.04. The molecule has 2 heterocycles. The fourth-order valence-corrected chi connectivity index (χ4v) is 6.45. The predicted molar refractivity (Wildman–Crippen MR) is 135 cm³/mol. The average molecular weight is 497 g/mol. The van der Waals surface area contributed by atoms with Crippen LogP contribution in [0.3, 0.4) is 0 Å². The van der Waals surface area contributed by atoms with Gasteiger partial charge in [-0.15, -0.1) is 0 Å². The van der Waals surface area contributed by atoms with Gasteiger partial charge in [-0.3, -0.25) is 4.79 Å². The summed E-state index contributed by atoms with van der Waals surface area (Å²) in [6.07, 6.45) is 5.21. The molecule has 2 aliphatic rings. The van der Waals surface area contributed by atoms with Gasteiger partial charge in [-0.05, 0) is 42.7 Å². The number of carbonyl (C=O) groups is 2. The van der Waals surface area contributed by atoms with Crippen molar-refractivity contribution in [2.24, 2.45) is 0 Å². The van der Waals surface area contributed by atoms with Gasteiger partial charge in [0.2, 0.25) is 10.0 Å². The van der Waals surface area contributed by atoms with Gasteiger partial charge >= 0.3 is 5.97 Å². The molecule has 0 N–H and O–H groups in total. The summed E-state index contributed by atoms with van der Waals surface area (Å²) in [5.74, 6) is -1.07. The monoisotopic (exact) mass is 496 g/mol. The Kier molecular flexibility index (Phi) is 7.15. The smallest absolute Gasteiger partial charge is 0.338 e. The number of esters is 1. The highest BCUT2D eigenvalue weighted by molar-refractivity contribution is 7.89. The lowest BCUT2D eigenvalue weighted by atomic mass is 9.83. The largest absolute Gasteiger partial charge is 0.454 e. The molecule has 8 heteroatoms. The number of anilines is 1. The van der Waals surface area contributed by atoms with E-state index in [9.17, 15) is 18.0 Å². The van der Waals surface area contributed by atoms with Crippen LogP contribution < -0.4 is 4.90 Å². The third-order valence-corrected chi connectivity index (χ3v) is 8.75. The number of hydrogen-bond acceptors (Lipinski definition) is 6. The van der Waals surface area contributed by atoms with E-state index < -0.39 is 22.6 Å². The molecule has 1 saturated heterocycles. The van der Waals surface area contributed by atoms with Crippen molar-refractivity contribution in [3.63, 3.8) is 0 Å². The van der Waals surface area contributed by atoms with Crippen molar-refractivity contribution >= 4 is 27.5 Å². The molecule has 2 aromatic carbocycles. The van der Waals surface area contributed by atoms with Crippen molar-refractivity contribution in [1.29, 1.82) is 0 Å². The Labute approximate surface area is 207 Å². The van der Waals surface area contributed by atoms with Crippen LogP contribution in [0.1, 0.15) is 55.5 Å². The minimum absolute atomic E-state index is 0.0642. The molecule has 2 aliphatic heterocycles. The SMILES string of the molecule is CN1C(=CC(=O)COC(=O)c2cccc(S(=O)(=O)N3CCCCCC3)c2)C(C)(C)c2ccccc21. The summed E-state index contributed by atoms with van der Waals surface area (Å²) in [6, 6.07) is 13.8. The third-order valence-electron chi connectivity index (χ3n) is 6.86. The second-order valence-corrected chi connectivity index (χ2v) is 11.6. The first-order valence-electron chi connectivity index (χ1n) is 12.0. The van der Waals surface area contributed by atoms with Gasteiger partial charge < -0.3 is 9.64 Å². The van der Waals surface area contributed by atoms with E-state index in [0.717, 1.165) is 42.6 Å². The Morgan fingerprint density at radius 1 is 1.00 bits per heavy atom. The minimum atomic E-state index is -3.69. The van der Waals surface area contributed by atoms with E-state index >= 15 is 0 Å². The second kappa shape index (κ2) is 9.95. The van der Waals surface area contributed by atoms with E-state index in [2.05, 4.69) is 13.8 Å². The summed E-state index contributed by atoms with van der Waals surface area (Å²) in [7, 11) is -1.78. The minimum Gasteiger partial charge on any atom is -0.454 e. The van der Waals surface area contributed by atoms with Crippen LogP contribution in [0.4, 0.5) is 5.69 Å². The van der Waals surface area contributed by atoms with Gasteiger partial charge in [-0.25, -0.2) is 13.2 Å². The van der Waals surface area contributed by atoms with Gasteiger partial charge in [0.1, 0.15) is 0 Å². The molecule has 4 rings (SSSR count). The highest BCUT2D eigenvalue weighted by Gasteiger charge is 2.38. The number of ketones is 1. The van der Waals surface area contributed by atoms with Crippen molar-refractivity contribution in [2.45, 2.75) is 49.8 Å². The van der Waals surface area contributed by atoms with Gasteiger partial charge in [0, 0.05) is 43.0 Å². The van der Waals surface area contributed by atoms with Crippen LogP contribution in [0.15, 0.2) is 65.2 Å². The van der Waals surface area contributed by atoms with Crippen molar-refractivity contribution in [3.05, 3.63) is 71.4 Å². The number of sulfonamides is 1. The Hall–Kier alpha value is -2.97. The zero-order valence-corrected chi connectivity index (χ0v) is 21.3. The van der Waals surface area contributed by atoms with E-state index in [1.165, 1.54) is 34.6 Å². The Balaban J connectivity index is 1.44. The molecule has 1 fully saturated rings. The summed E-state index contributed by atoms with van der Waals surface area (Å²) < 4.78 is 32.9. The normalized spacial score (nSPS) is 19.3. The number of para-hydroxylation sites is 1. The molecule has 0 radical (unpaired) electrons. The number of carbonyl (C=O) groups excluding carboxylic acids is 2. The number of likely N-dealkylation sites (N-methyl/N-ethyl adjacent to an activating group) is 1. The Bertz CT molecular complexity index is 1260. The van der Waals surface area contributed by atoms with E-state index in [0.29, 0.717) is 13.1 Å². The summed E-state index contributed by atoms with van der Waals surface area (Å²) in [5, 5.41) is 0. The lowest BCUT2D eigenvalue weighted by Crippen LogP contribution is -2.32. The molecular weight excluding hydrogens is 464 g/mol. The molecule has 0 saturated carbocycles. The number of nitrogens with zero attached hydrogens (tertiary/aromatic N) is 2. The summed E-state index contributed by atoms with van der Waals surface area (Å²) in [6.45, 7) is 4.64. The maximum atomic E-state index is 13.1. The van der Waals surface area contributed by atoms with Gasteiger partial charge in [-0.1, -0.05) is 51.0 Å². The van der Waals surface area contributed by atoms with Gasteiger partial charge in [0.25, 0.3) is 0 Å². The number of hydrogen-bond donors (Lipinski definition) is 0. The first-order chi connectivity index (χ1) is 16.6. The summed E-state index contributed by atoms with van der Waals surface area (Å²) in [5.41, 5.74) is 2.73. The molecule has 0 aliphatic carbocycles. The van der Waals surface area contributed by atoms with Crippen LogP contribution in [-0.2, 0) is 25.0 Å². The molecule has 7 nitrogen and oxygen atoms in total. The first-order valence-corrected chi connectivity index (χ1v) is 13.4. The molecule has 186 valence electrons. The Morgan fingerprint density at radius 2 is 1.69 bits per heavy atom. The van der Waals surface area contributed by atoms with Crippen LogP contribution in [0.25, 0.3) is 0 Å². The van der Waals surface area contributed by atoms with Crippen LogP contribution >= 0.6 is 0 Å². The van der Waals surface area contributed by atoms with Crippen molar-refractivity contribution in [3.8, 4) is 0 Å². The fourth-order valence-electron chi connectivity index (χ4n) is 4.89. The van der Waals surface area contributed by atoms with Crippen molar-refractivity contribution in [1.82, 2.24) is 4.31 Å². The van der Waals surface area contributed by atoms with Crippen LogP contribution in [-0.4, -0.2) is 51.2 Å². The molecule has 0 unspecified atom stereocenters. The van der Waals surface area contributed by atoms with Crippen LogP contribution in [0.2, 0.25) is 0 Å². The fraction of sp³-hybridized carbons (Fsp3) is 0.407. The molecule has 0 bridgehead atoms. The number of fused-ring (bicyclic) bond motifs is 1. The maximum absolute atomic E-state index is 13.1. The molecule has 2 aromatic rings. The van der Waals surface area contributed by atoms with E-state index in [-0.39, 0.29) is 21.7 Å². The predicted octanol–water partition coefficient (Wildman–Crippen LogP) is 4.29. The zero-order chi connectivity index (χ0) is 25.2. The standard InChI is InChI=1S/C27H32N2O5S/c1-27(2)23-13-6-7-14-24(23)28(3)25(27)18-21(30)19-34-26(31)20-11-10-12-22(17-20)35(32,33)29-15-8-4-5-9-16-29/h6-7,10-14,17-18H,4-5,8-9,15-16,19H2,1-3H3. The van der Waals surface area contributed by atoms with E-state index in [4.69, 9.17) is 4.74 Å². The molecule has 0 spiro atoms. The van der Waals surface area contributed by atoms with Crippen molar-refractivity contribution in [2.75, 3.05) is 31.6 Å². The summed E-state index contributed by atoms with van der Waals surface area (Å²) >= 11 is 0. The second-order valence-electron chi connectivity index (χ2n) is 9.62. The summed E-state index contributed by atoms with van der Waals surface area (Å²) in [4.78, 5) is 27.4. The van der Waals surface area contributed by atoms with Crippen LogP contribution in [0, 0.1) is 0 Å². The Morgan fingerprint density at radius 3 is 2.37 bits per heavy atom. The quantitative estimate of drug-likeness (QED) is 0.438. The van der Waals surface area contributed by atoms with E-state index in [1.54, 1.807) is 0 Å². The molecule has 0 amide bonds. The topological polar surface area (TPSA) is 84.0 Å². The number of ether oxygens (including phenoxy) is 1. The number of rotatable bonds is 6. The highest BCUT2D eigenvalue weighted by Crippen LogP contribution is 2.46. The lowest BCUT2D eigenvalue weighted by molar-refractivity contribution is -0.117. The number of benzene rings is 2. The van der Waals surface area contributed by atoms with Gasteiger partial charge in [0.15, 0.2) is 12.4 Å². The first kappa shape index (κ1) is 25.1. The van der Waals surface area contributed by atoms with Crippen LogP contribution in [0.5, 0.6) is 0 Å². The molecule has 0 atom stereocenters. The number of allylic oxidation sites excluding steroid dienone is 1. The van der Waals surface area contributed by atoms with Crippen molar-refractivity contribution < 1.29 is 22.7 Å². The van der Waals surface area contributed by atoms with Gasteiger partial charge in [0.05, 0.1) is 10.5 Å². The highest BCUT2D eigenvalue weighted by atomic mass is 32.2. The molecule has 0 aromatic heterocycles.